The lowest BCUT2D eigenvalue weighted by Gasteiger charge is -2.18. The summed E-state index contributed by atoms with van der Waals surface area (Å²) in [5.74, 6) is -0.0552. The van der Waals surface area contributed by atoms with Crippen molar-refractivity contribution in [3.63, 3.8) is 0 Å². The van der Waals surface area contributed by atoms with Crippen molar-refractivity contribution in [2.45, 2.75) is 18.9 Å². The Labute approximate surface area is 145 Å². The first-order valence-electron chi connectivity index (χ1n) is 8.20. The molecular weight excluding hydrogens is 314 g/mol. The molecule has 2 unspecified atom stereocenters. The topological polar surface area (TPSA) is 59.2 Å². The largest absolute Gasteiger partial charge is 0.481 e. The molecular formula is C21H17NO3. The van der Waals surface area contributed by atoms with E-state index < -0.39 is 12.0 Å². The number of Topliss-reactive ketones (excluding diaryl/α,β-unsaturated/α-hetero) is 1. The van der Waals surface area contributed by atoms with E-state index in [4.69, 9.17) is 4.74 Å². The number of hydrogen-bond donors (Lipinski definition) is 1. The molecule has 0 radical (unpaired) electrons. The fraction of sp³-hybridized carbons (Fsp3) is 0.143. The van der Waals surface area contributed by atoms with E-state index in [0.717, 1.165) is 5.56 Å². The number of rotatable bonds is 3. The molecule has 0 amide bonds. The second kappa shape index (κ2) is 6.06. The summed E-state index contributed by atoms with van der Waals surface area (Å²) in [5, 5.41) is 0. The summed E-state index contributed by atoms with van der Waals surface area (Å²) >= 11 is 0. The van der Waals surface area contributed by atoms with Crippen molar-refractivity contribution in [2.75, 3.05) is 0 Å². The standard InChI is InChI=1S/C21H17NO3/c1-13-12-16-18(21(24)22-13)17(14-8-4-2-5-9-14)20(25-16)19(23)15-10-6-3-7-11-15/h2-12,17,20H,1H3,(H,22,24). The molecule has 0 saturated carbocycles. The van der Waals surface area contributed by atoms with Gasteiger partial charge in [-0.3, -0.25) is 9.59 Å². The molecule has 3 aromatic rings. The molecule has 1 N–H and O–H groups in total. The molecule has 25 heavy (non-hydrogen) atoms. The van der Waals surface area contributed by atoms with E-state index in [1.54, 1.807) is 25.1 Å². The molecule has 0 aliphatic carbocycles. The highest BCUT2D eigenvalue weighted by Gasteiger charge is 2.42. The summed E-state index contributed by atoms with van der Waals surface area (Å²) in [6.45, 7) is 1.80. The minimum Gasteiger partial charge on any atom is -0.481 e. The van der Waals surface area contributed by atoms with E-state index in [2.05, 4.69) is 4.98 Å². The van der Waals surface area contributed by atoms with Gasteiger partial charge in [-0.15, -0.1) is 0 Å². The molecule has 2 aromatic carbocycles. The molecule has 2 atom stereocenters. The number of nitrogens with one attached hydrogen (secondary N) is 1. The van der Waals surface area contributed by atoms with Gasteiger partial charge in [0.05, 0.1) is 11.5 Å². The number of hydrogen-bond acceptors (Lipinski definition) is 3. The fourth-order valence-corrected chi connectivity index (χ4v) is 3.39. The zero-order chi connectivity index (χ0) is 17.4. The van der Waals surface area contributed by atoms with E-state index in [1.165, 1.54) is 0 Å². The van der Waals surface area contributed by atoms with Crippen LogP contribution in [0, 0.1) is 6.92 Å². The van der Waals surface area contributed by atoms with Crippen molar-refractivity contribution < 1.29 is 9.53 Å². The zero-order valence-electron chi connectivity index (χ0n) is 13.7. The van der Waals surface area contributed by atoms with Crippen molar-refractivity contribution in [2.24, 2.45) is 0 Å². The van der Waals surface area contributed by atoms with Crippen molar-refractivity contribution in [1.82, 2.24) is 4.98 Å². The predicted molar refractivity (Wildman–Crippen MR) is 95.3 cm³/mol. The van der Waals surface area contributed by atoms with Crippen LogP contribution in [-0.2, 0) is 0 Å². The van der Waals surface area contributed by atoms with E-state index in [1.807, 2.05) is 48.5 Å². The lowest BCUT2D eigenvalue weighted by atomic mass is 9.85. The zero-order valence-corrected chi connectivity index (χ0v) is 13.7. The third-order valence-electron chi connectivity index (χ3n) is 4.51. The molecule has 124 valence electrons. The van der Waals surface area contributed by atoms with Gasteiger partial charge in [0.25, 0.3) is 5.56 Å². The average Bonchev–Trinajstić information content (AvgIpc) is 3.02. The number of aromatic nitrogens is 1. The van der Waals surface area contributed by atoms with Crippen molar-refractivity contribution >= 4 is 5.78 Å². The van der Waals surface area contributed by atoms with Crippen LogP contribution >= 0.6 is 0 Å². The van der Waals surface area contributed by atoms with Crippen LogP contribution in [0.5, 0.6) is 5.75 Å². The SMILES string of the molecule is Cc1cc2c(c(=O)[nH]1)C(c1ccccc1)C(C(=O)c1ccccc1)O2. The first kappa shape index (κ1) is 15.4. The Kier molecular flexibility index (Phi) is 3.73. The lowest BCUT2D eigenvalue weighted by Crippen LogP contribution is -2.31. The highest BCUT2D eigenvalue weighted by Crippen LogP contribution is 2.41. The van der Waals surface area contributed by atoms with Gasteiger partial charge in [0.15, 0.2) is 6.10 Å². The number of ether oxygens (including phenoxy) is 1. The molecule has 4 heteroatoms. The monoisotopic (exact) mass is 331 g/mol. The van der Waals surface area contributed by atoms with Gasteiger partial charge in [-0.25, -0.2) is 0 Å². The van der Waals surface area contributed by atoms with Crippen molar-refractivity contribution in [3.8, 4) is 5.75 Å². The van der Waals surface area contributed by atoms with Gasteiger partial charge in [0, 0.05) is 11.3 Å². The Balaban J connectivity index is 1.86. The number of pyridine rings is 1. The summed E-state index contributed by atoms with van der Waals surface area (Å²) < 4.78 is 5.98. The van der Waals surface area contributed by atoms with Gasteiger partial charge in [0.2, 0.25) is 5.78 Å². The first-order chi connectivity index (χ1) is 12.1. The predicted octanol–water partition coefficient (Wildman–Crippen LogP) is 3.46. The number of ketones is 1. The van der Waals surface area contributed by atoms with Crippen LogP contribution in [0.2, 0.25) is 0 Å². The van der Waals surface area contributed by atoms with E-state index in [0.29, 0.717) is 22.6 Å². The molecule has 1 aliphatic heterocycles. The van der Waals surface area contributed by atoms with Crippen LogP contribution < -0.4 is 10.3 Å². The van der Waals surface area contributed by atoms with Gasteiger partial charge < -0.3 is 9.72 Å². The van der Waals surface area contributed by atoms with Crippen molar-refractivity contribution in [1.29, 1.82) is 0 Å². The molecule has 1 aromatic heterocycles. The minimum absolute atomic E-state index is 0.122. The average molecular weight is 331 g/mol. The number of benzene rings is 2. The maximum absolute atomic E-state index is 13.1. The summed E-state index contributed by atoms with van der Waals surface area (Å²) in [5.41, 5.74) is 2.50. The summed E-state index contributed by atoms with van der Waals surface area (Å²) in [4.78, 5) is 28.5. The summed E-state index contributed by atoms with van der Waals surface area (Å²) in [6, 6.07) is 20.4. The molecule has 0 saturated heterocycles. The minimum atomic E-state index is -0.748. The number of carbonyl (C=O) groups excluding carboxylic acids is 1. The van der Waals surface area contributed by atoms with E-state index >= 15 is 0 Å². The van der Waals surface area contributed by atoms with E-state index in [9.17, 15) is 9.59 Å². The molecule has 4 nitrogen and oxygen atoms in total. The molecule has 2 heterocycles. The number of fused-ring (bicyclic) bond motifs is 1. The molecule has 0 spiro atoms. The highest BCUT2D eigenvalue weighted by molar-refractivity contribution is 6.01. The Bertz CT molecular complexity index is 977. The van der Waals surface area contributed by atoms with Crippen LogP contribution in [0.4, 0.5) is 0 Å². The normalized spacial score (nSPS) is 18.4. The second-order valence-electron chi connectivity index (χ2n) is 6.22. The quantitative estimate of drug-likeness (QED) is 0.748. The molecule has 1 aliphatic rings. The van der Waals surface area contributed by atoms with E-state index in [-0.39, 0.29) is 11.3 Å². The Morgan fingerprint density at radius 3 is 2.32 bits per heavy atom. The fourth-order valence-electron chi connectivity index (χ4n) is 3.39. The number of aryl methyl sites for hydroxylation is 1. The van der Waals surface area contributed by atoms with Gasteiger partial charge in [-0.2, -0.15) is 0 Å². The summed E-state index contributed by atoms with van der Waals surface area (Å²) in [6.07, 6.45) is -0.748. The highest BCUT2D eigenvalue weighted by atomic mass is 16.5. The molecule has 0 bridgehead atoms. The smallest absolute Gasteiger partial charge is 0.255 e. The van der Waals surface area contributed by atoms with Gasteiger partial charge >= 0.3 is 0 Å². The second-order valence-corrected chi connectivity index (χ2v) is 6.22. The molecule has 0 fully saturated rings. The number of aromatic amines is 1. The Morgan fingerprint density at radius 1 is 1.00 bits per heavy atom. The van der Waals surface area contributed by atoms with Gasteiger partial charge in [-0.05, 0) is 18.6 Å². The summed E-state index contributed by atoms with van der Waals surface area (Å²) in [7, 11) is 0. The van der Waals surface area contributed by atoms with Gasteiger partial charge in [0.1, 0.15) is 5.75 Å². The third kappa shape index (κ3) is 2.66. The van der Waals surface area contributed by atoms with Crippen LogP contribution in [0.15, 0.2) is 71.5 Å². The van der Waals surface area contributed by atoms with Crippen molar-refractivity contribution in [3.05, 3.63) is 99.5 Å². The van der Waals surface area contributed by atoms with Crippen LogP contribution in [0.1, 0.15) is 33.1 Å². The van der Waals surface area contributed by atoms with Crippen LogP contribution in [0.3, 0.4) is 0 Å². The lowest BCUT2D eigenvalue weighted by molar-refractivity contribution is 0.0806. The number of H-pyrrole nitrogens is 1. The Morgan fingerprint density at radius 2 is 1.64 bits per heavy atom. The van der Waals surface area contributed by atoms with Crippen LogP contribution in [-0.4, -0.2) is 16.9 Å². The first-order valence-corrected chi connectivity index (χ1v) is 8.20. The maximum Gasteiger partial charge on any atom is 0.255 e. The Hall–Kier alpha value is -3.14. The maximum atomic E-state index is 13.1. The third-order valence-corrected chi connectivity index (χ3v) is 4.51. The number of carbonyl (C=O) groups is 1. The van der Waals surface area contributed by atoms with Crippen LogP contribution in [0.25, 0.3) is 0 Å². The molecule has 4 rings (SSSR count). The van der Waals surface area contributed by atoms with Gasteiger partial charge in [-0.1, -0.05) is 60.7 Å².